The van der Waals surface area contributed by atoms with E-state index in [4.69, 9.17) is 4.74 Å². The molecule has 0 aliphatic heterocycles. The third kappa shape index (κ3) is 69.4. The number of allylic oxidation sites excluding steroid dienone is 3. The van der Waals surface area contributed by atoms with Gasteiger partial charge in [-0.25, -0.2) is 0 Å². The second-order valence-corrected chi connectivity index (χ2v) is 26.7. The molecule has 2 unspecified atom stereocenters. The Morgan fingerprint density at radius 3 is 0.845 bits per heavy atom. The molecule has 0 bridgehead atoms. The van der Waals surface area contributed by atoms with Gasteiger partial charge >= 0.3 is 5.97 Å². The minimum atomic E-state index is -0.842. The summed E-state index contributed by atoms with van der Waals surface area (Å²) in [5, 5.41) is 23.3. The molecule has 0 radical (unpaired) electrons. The van der Waals surface area contributed by atoms with Gasteiger partial charge in [0.15, 0.2) is 0 Å². The van der Waals surface area contributed by atoms with Gasteiger partial charge in [-0.1, -0.05) is 391 Å². The summed E-state index contributed by atoms with van der Waals surface area (Å²) in [7, 11) is 0. The Morgan fingerprint density at radius 1 is 0.321 bits per heavy atom. The molecule has 84 heavy (non-hydrogen) atoms. The van der Waals surface area contributed by atoms with Crippen LogP contribution in [0.2, 0.25) is 0 Å². The Kier molecular flexibility index (Phi) is 72.3. The Balaban J connectivity index is 3.34. The van der Waals surface area contributed by atoms with E-state index in [-0.39, 0.29) is 18.5 Å². The molecule has 2 atom stereocenters. The van der Waals surface area contributed by atoms with Crippen molar-refractivity contribution in [1.82, 2.24) is 5.32 Å². The summed E-state index contributed by atoms with van der Waals surface area (Å²) < 4.78 is 5.50. The van der Waals surface area contributed by atoms with E-state index in [0.717, 1.165) is 44.9 Å². The normalized spacial score (nSPS) is 12.6. The van der Waals surface area contributed by atoms with E-state index in [1.165, 1.54) is 366 Å². The summed E-state index contributed by atoms with van der Waals surface area (Å²) in [5.41, 5.74) is 0. The highest BCUT2D eigenvalue weighted by atomic mass is 16.5. The molecule has 1 amide bonds. The van der Waals surface area contributed by atoms with E-state index in [9.17, 15) is 19.8 Å². The first-order chi connectivity index (χ1) is 41.5. The Bertz CT molecular complexity index is 1320. The summed E-state index contributed by atoms with van der Waals surface area (Å²) in [4.78, 5) is 24.6. The van der Waals surface area contributed by atoms with Crippen LogP contribution in [0.5, 0.6) is 0 Å². The first-order valence-electron chi connectivity index (χ1n) is 38.6. The van der Waals surface area contributed by atoms with Gasteiger partial charge in [0.1, 0.15) is 0 Å². The first kappa shape index (κ1) is 82.3. The van der Waals surface area contributed by atoms with Gasteiger partial charge in [0.25, 0.3) is 0 Å². The highest BCUT2D eigenvalue weighted by molar-refractivity contribution is 5.76. The molecule has 0 aliphatic carbocycles. The van der Waals surface area contributed by atoms with Crippen LogP contribution in [0.15, 0.2) is 24.3 Å². The fourth-order valence-electron chi connectivity index (χ4n) is 12.3. The summed E-state index contributed by atoms with van der Waals surface area (Å²) in [6.45, 7) is 4.95. The fourth-order valence-corrected chi connectivity index (χ4v) is 12.3. The topological polar surface area (TPSA) is 95.9 Å². The number of aliphatic hydroxyl groups is 2. The van der Waals surface area contributed by atoms with Crippen molar-refractivity contribution in [3.8, 4) is 0 Å². The standard InChI is InChI=1S/C78H151NO5/c1-3-5-7-9-11-13-15-17-19-21-36-39-42-46-50-54-58-62-66-70-76(81)75(74-80)79-77(82)71-67-63-59-55-51-47-43-40-37-34-32-30-28-26-24-22-23-25-27-29-31-33-35-38-41-45-49-53-57-61-65-69-73-84-78(83)72-68-64-60-56-52-48-44-20-18-16-14-12-10-8-6-4-2/h20,44,66,70,75-76,80-81H,3-19,21-43,45-65,67-69,71-74H2,1-2H3,(H,79,82)/b44-20-,70-66+. The fraction of sp³-hybridized carbons (Fsp3) is 0.923. The third-order valence-corrected chi connectivity index (χ3v) is 18.2. The van der Waals surface area contributed by atoms with Crippen molar-refractivity contribution in [1.29, 1.82) is 0 Å². The molecule has 0 fully saturated rings. The second-order valence-electron chi connectivity index (χ2n) is 26.7. The number of carbonyl (C=O) groups excluding carboxylic acids is 2. The first-order valence-corrected chi connectivity index (χ1v) is 38.6. The molecule has 0 rings (SSSR count). The maximum Gasteiger partial charge on any atom is 0.305 e. The van der Waals surface area contributed by atoms with Crippen molar-refractivity contribution in [2.45, 2.75) is 450 Å². The summed E-state index contributed by atoms with van der Waals surface area (Å²) in [6, 6.07) is -0.625. The van der Waals surface area contributed by atoms with Gasteiger partial charge in [0.05, 0.1) is 25.4 Å². The third-order valence-electron chi connectivity index (χ3n) is 18.2. The Labute approximate surface area is 526 Å². The predicted molar refractivity (Wildman–Crippen MR) is 370 cm³/mol. The van der Waals surface area contributed by atoms with Crippen LogP contribution in [0.25, 0.3) is 0 Å². The molecular weight excluding hydrogens is 1030 g/mol. The zero-order chi connectivity index (χ0) is 60.6. The number of nitrogens with one attached hydrogen (secondary N) is 1. The van der Waals surface area contributed by atoms with E-state index in [0.29, 0.717) is 19.4 Å². The van der Waals surface area contributed by atoms with Crippen molar-refractivity contribution in [3.05, 3.63) is 24.3 Å². The Hall–Kier alpha value is -1.66. The quantitative estimate of drug-likeness (QED) is 0.0320. The Morgan fingerprint density at radius 2 is 0.560 bits per heavy atom. The molecule has 0 aromatic rings. The minimum absolute atomic E-state index is 0.0144. The van der Waals surface area contributed by atoms with Crippen LogP contribution in [-0.4, -0.2) is 47.4 Å². The molecule has 0 aliphatic rings. The molecule has 0 aromatic carbocycles. The summed E-state index contributed by atoms with van der Waals surface area (Å²) in [6.07, 6.45) is 94.3. The number of aliphatic hydroxyl groups excluding tert-OH is 2. The molecule has 0 spiro atoms. The molecule has 0 heterocycles. The lowest BCUT2D eigenvalue weighted by atomic mass is 10.0. The molecule has 3 N–H and O–H groups in total. The minimum Gasteiger partial charge on any atom is -0.466 e. The van der Waals surface area contributed by atoms with E-state index < -0.39 is 12.1 Å². The number of unbranched alkanes of at least 4 members (excludes halogenated alkanes) is 60. The number of carbonyl (C=O) groups is 2. The predicted octanol–water partition coefficient (Wildman–Crippen LogP) is 25.3. The van der Waals surface area contributed by atoms with Gasteiger partial charge < -0.3 is 20.3 Å². The molecule has 0 saturated heterocycles. The summed E-state index contributed by atoms with van der Waals surface area (Å²) in [5.74, 6) is -0.0448. The van der Waals surface area contributed by atoms with Gasteiger partial charge in [-0.2, -0.15) is 0 Å². The average Bonchev–Trinajstić information content (AvgIpc) is 3.53. The van der Waals surface area contributed by atoms with Gasteiger partial charge in [-0.3, -0.25) is 9.59 Å². The van der Waals surface area contributed by atoms with Crippen molar-refractivity contribution in [3.63, 3.8) is 0 Å². The van der Waals surface area contributed by atoms with Crippen LogP contribution in [0.1, 0.15) is 438 Å². The molecule has 0 aromatic heterocycles. The smallest absolute Gasteiger partial charge is 0.305 e. The molecule has 498 valence electrons. The number of hydrogen-bond acceptors (Lipinski definition) is 5. The van der Waals surface area contributed by atoms with Crippen LogP contribution in [-0.2, 0) is 14.3 Å². The van der Waals surface area contributed by atoms with Crippen LogP contribution in [0.3, 0.4) is 0 Å². The lowest BCUT2D eigenvalue weighted by molar-refractivity contribution is -0.143. The van der Waals surface area contributed by atoms with Gasteiger partial charge in [-0.05, 0) is 57.8 Å². The zero-order valence-electron chi connectivity index (χ0n) is 57.2. The highest BCUT2D eigenvalue weighted by Gasteiger charge is 2.18. The number of esters is 1. The van der Waals surface area contributed by atoms with Crippen LogP contribution in [0.4, 0.5) is 0 Å². The molecule has 0 saturated carbocycles. The number of ether oxygens (including phenoxy) is 1. The monoisotopic (exact) mass is 1180 g/mol. The van der Waals surface area contributed by atoms with Crippen molar-refractivity contribution in [2.75, 3.05) is 13.2 Å². The lowest BCUT2D eigenvalue weighted by Crippen LogP contribution is -2.45. The zero-order valence-corrected chi connectivity index (χ0v) is 57.2. The maximum atomic E-state index is 12.5. The maximum absolute atomic E-state index is 12.5. The van der Waals surface area contributed by atoms with Gasteiger partial charge in [0.2, 0.25) is 5.91 Å². The number of rotatable bonds is 73. The SMILES string of the molecule is CCCCCCCCC/C=C\CCCCCCCC(=O)OCCCCCCCCCCCCCCCCCCCCCCCCCCCCCCCCCCC(=O)NC(CO)C(O)/C=C/CCCCCCCCCCCCCCCCCCC. The lowest BCUT2D eigenvalue weighted by Gasteiger charge is -2.20. The van der Waals surface area contributed by atoms with Crippen LogP contribution < -0.4 is 5.32 Å². The highest BCUT2D eigenvalue weighted by Crippen LogP contribution is 2.20. The van der Waals surface area contributed by atoms with Crippen LogP contribution >= 0.6 is 0 Å². The molecular formula is C78H151NO5. The van der Waals surface area contributed by atoms with Crippen molar-refractivity contribution >= 4 is 11.9 Å². The van der Waals surface area contributed by atoms with E-state index in [2.05, 4.69) is 31.3 Å². The largest absolute Gasteiger partial charge is 0.466 e. The summed E-state index contributed by atoms with van der Waals surface area (Å²) >= 11 is 0. The molecule has 6 heteroatoms. The van der Waals surface area contributed by atoms with Crippen LogP contribution in [0, 0.1) is 0 Å². The van der Waals surface area contributed by atoms with E-state index in [1.807, 2.05) is 6.08 Å². The van der Waals surface area contributed by atoms with Gasteiger partial charge in [0, 0.05) is 12.8 Å². The van der Waals surface area contributed by atoms with E-state index in [1.54, 1.807) is 6.08 Å². The molecule has 6 nitrogen and oxygen atoms in total. The van der Waals surface area contributed by atoms with Gasteiger partial charge in [-0.15, -0.1) is 0 Å². The number of hydrogen-bond donors (Lipinski definition) is 3. The number of amides is 1. The van der Waals surface area contributed by atoms with Crippen molar-refractivity contribution < 1.29 is 24.5 Å². The second kappa shape index (κ2) is 73.8. The average molecular weight is 1180 g/mol. The van der Waals surface area contributed by atoms with Crippen molar-refractivity contribution in [2.24, 2.45) is 0 Å². The van der Waals surface area contributed by atoms with E-state index >= 15 is 0 Å².